The Balaban J connectivity index is 2.07. The Bertz CT molecular complexity index is 721. The molecule has 0 bridgehead atoms. The van der Waals surface area contributed by atoms with Gasteiger partial charge in [0.25, 0.3) is 0 Å². The van der Waals surface area contributed by atoms with E-state index < -0.39 is 5.60 Å². The molecule has 0 saturated heterocycles. The lowest BCUT2D eigenvalue weighted by Crippen LogP contribution is -2.34. The second-order valence-electron chi connectivity index (χ2n) is 5.01. The number of thiocyanates is 1. The molecule has 1 aliphatic rings. The van der Waals surface area contributed by atoms with E-state index in [-0.39, 0.29) is 0 Å². The van der Waals surface area contributed by atoms with Crippen LogP contribution in [0.4, 0.5) is 5.69 Å². The van der Waals surface area contributed by atoms with Crippen LogP contribution in [0.3, 0.4) is 0 Å². The summed E-state index contributed by atoms with van der Waals surface area (Å²) in [7, 11) is 0. The summed E-state index contributed by atoms with van der Waals surface area (Å²) in [5.41, 5.74) is 2.32. The van der Waals surface area contributed by atoms with Gasteiger partial charge in [0.15, 0.2) is 0 Å². The first-order chi connectivity index (χ1) is 10.2. The molecule has 1 aliphatic heterocycles. The van der Waals surface area contributed by atoms with Crippen molar-refractivity contribution in [2.75, 3.05) is 5.75 Å². The van der Waals surface area contributed by atoms with Gasteiger partial charge < -0.3 is 4.74 Å². The predicted octanol–water partition coefficient (Wildman–Crippen LogP) is 4.22. The minimum Gasteiger partial charge on any atom is -0.465 e. The second kappa shape index (κ2) is 5.63. The quantitative estimate of drug-likeness (QED) is 0.796. The van der Waals surface area contributed by atoms with Crippen molar-refractivity contribution in [2.24, 2.45) is 4.99 Å². The van der Waals surface area contributed by atoms with Crippen molar-refractivity contribution in [3.05, 3.63) is 65.7 Å². The Labute approximate surface area is 128 Å². The Hall–Kier alpha value is -2.25. The van der Waals surface area contributed by atoms with E-state index in [4.69, 9.17) is 10.00 Å². The van der Waals surface area contributed by atoms with E-state index in [2.05, 4.69) is 10.4 Å². The third-order valence-electron chi connectivity index (χ3n) is 3.45. The van der Waals surface area contributed by atoms with Gasteiger partial charge in [0, 0.05) is 11.1 Å². The molecule has 0 amide bonds. The molecule has 1 atom stereocenters. The third-order valence-corrected chi connectivity index (χ3v) is 4.27. The molecule has 3 rings (SSSR count). The summed E-state index contributed by atoms with van der Waals surface area (Å²) in [5.74, 6) is 1.17. The van der Waals surface area contributed by atoms with Crippen molar-refractivity contribution in [1.82, 2.24) is 0 Å². The lowest BCUT2D eigenvalue weighted by atomic mass is 9.94. The van der Waals surface area contributed by atoms with Crippen molar-refractivity contribution in [2.45, 2.75) is 12.5 Å². The number of fused-ring (bicyclic) bond motifs is 1. The third kappa shape index (κ3) is 2.65. The average Bonchev–Trinajstić information content (AvgIpc) is 2.54. The second-order valence-corrected chi connectivity index (χ2v) is 5.77. The van der Waals surface area contributed by atoms with Gasteiger partial charge in [-0.1, -0.05) is 36.4 Å². The van der Waals surface area contributed by atoms with Crippen molar-refractivity contribution < 1.29 is 4.74 Å². The molecule has 0 saturated carbocycles. The summed E-state index contributed by atoms with van der Waals surface area (Å²) in [6.45, 7) is 2.01. The molecule has 2 aromatic carbocycles. The zero-order valence-electron chi connectivity index (χ0n) is 11.6. The summed E-state index contributed by atoms with van der Waals surface area (Å²) < 4.78 is 6.17. The summed E-state index contributed by atoms with van der Waals surface area (Å²) in [6, 6.07) is 17.8. The molecule has 0 aliphatic carbocycles. The molecule has 0 N–H and O–H groups in total. The van der Waals surface area contributed by atoms with Crippen LogP contribution in [-0.2, 0) is 10.3 Å². The Kier molecular flexibility index (Phi) is 3.68. The van der Waals surface area contributed by atoms with Gasteiger partial charge in [0.1, 0.15) is 11.0 Å². The molecular formula is C17H14N2OS. The van der Waals surface area contributed by atoms with Crippen LogP contribution in [0.5, 0.6) is 0 Å². The number of hydrogen-bond donors (Lipinski definition) is 0. The van der Waals surface area contributed by atoms with E-state index in [1.807, 2.05) is 61.5 Å². The molecule has 0 fully saturated rings. The fraction of sp³-hybridized carbons (Fsp3) is 0.176. The number of nitrogens with zero attached hydrogens (tertiary/aromatic N) is 2. The van der Waals surface area contributed by atoms with E-state index in [9.17, 15) is 0 Å². The number of benzene rings is 2. The maximum Gasteiger partial charge on any atom is 0.222 e. The van der Waals surface area contributed by atoms with Crippen LogP contribution in [-0.4, -0.2) is 11.7 Å². The first-order valence-corrected chi connectivity index (χ1v) is 7.65. The SMILES string of the molecule is CC1(CSC#N)OC(c2ccccc2)=Nc2ccccc21. The lowest BCUT2D eigenvalue weighted by molar-refractivity contribution is 0.0968. The van der Waals surface area contributed by atoms with Gasteiger partial charge in [-0.3, -0.25) is 0 Å². The highest BCUT2D eigenvalue weighted by molar-refractivity contribution is 8.03. The molecular weight excluding hydrogens is 280 g/mol. The molecule has 1 heterocycles. The first-order valence-electron chi connectivity index (χ1n) is 6.66. The monoisotopic (exact) mass is 294 g/mol. The highest BCUT2D eigenvalue weighted by Crippen LogP contribution is 2.40. The molecule has 0 radical (unpaired) electrons. The van der Waals surface area contributed by atoms with Crippen LogP contribution in [0, 0.1) is 10.7 Å². The first kappa shape index (κ1) is 13.7. The Morgan fingerprint density at radius 3 is 2.62 bits per heavy atom. The van der Waals surface area contributed by atoms with Gasteiger partial charge in [-0.2, -0.15) is 5.26 Å². The fourth-order valence-corrected chi connectivity index (χ4v) is 2.95. The number of thioether (sulfide) groups is 1. The Morgan fingerprint density at radius 2 is 1.86 bits per heavy atom. The molecule has 2 aromatic rings. The minimum atomic E-state index is -0.552. The average molecular weight is 294 g/mol. The van der Waals surface area contributed by atoms with E-state index >= 15 is 0 Å². The highest BCUT2D eigenvalue weighted by Gasteiger charge is 2.36. The highest BCUT2D eigenvalue weighted by atomic mass is 32.2. The number of rotatable bonds is 3. The van der Waals surface area contributed by atoms with E-state index in [0.717, 1.165) is 16.8 Å². The van der Waals surface area contributed by atoms with Crippen LogP contribution < -0.4 is 0 Å². The van der Waals surface area contributed by atoms with Gasteiger partial charge in [-0.25, -0.2) is 4.99 Å². The summed E-state index contributed by atoms with van der Waals surface area (Å²) in [5, 5.41) is 11.0. The topological polar surface area (TPSA) is 45.4 Å². The normalized spacial score (nSPS) is 19.9. The minimum absolute atomic E-state index is 0.552. The standard InChI is InChI=1S/C17H14N2OS/c1-17(11-21-12-18)14-9-5-6-10-15(14)19-16(20-17)13-7-3-2-4-8-13/h2-10H,11H2,1H3. The van der Waals surface area contributed by atoms with Crippen molar-refractivity contribution in [1.29, 1.82) is 5.26 Å². The molecule has 0 aromatic heterocycles. The largest absolute Gasteiger partial charge is 0.465 e. The van der Waals surface area contributed by atoms with Crippen LogP contribution >= 0.6 is 11.8 Å². The number of hydrogen-bond acceptors (Lipinski definition) is 4. The van der Waals surface area contributed by atoms with Crippen LogP contribution in [0.15, 0.2) is 59.6 Å². The molecule has 21 heavy (non-hydrogen) atoms. The summed E-state index contributed by atoms with van der Waals surface area (Å²) >= 11 is 1.20. The predicted molar refractivity (Wildman–Crippen MR) is 85.6 cm³/mol. The maximum atomic E-state index is 8.87. The fourth-order valence-electron chi connectivity index (χ4n) is 2.40. The molecule has 0 spiro atoms. The maximum absolute atomic E-state index is 8.87. The van der Waals surface area contributed by atoms with E-state index in [1.165, 1.54) is 11.8 Å². The van der Waals surface area contributed by atoms with Gasteiger partial charge >= 0.3 is 0 Å². The smallest absolute Gasteiger partial charge is 0.222 e. The van der Waals surface area contributed by atoms with E-state index in [0.29, 0.717) is 11.7 Å². The van der Waals surface area contributed by atoms with Gasteiger partial charge in [0.2, 0.25) is 5.90 Å². The van der Waals surface area contributed by atoms with Gasteiger partial charge in [-0.15, -0.1) is 0 Å². The number of aliphatic imine (C=N–C) groups is 1. The number of nitriles is 1. The number of para-hydroxylation sites is 1. The summed E-state index contributed by atoms with van der Waals surface area (Å²) in [4.78, 5) is 4.62. The van der Waals surface area contributed by atoms with Gasteiger partial charge in [0.05, 0.1) is 11.4 Å². The van der Waals surface area contributed by atoms with Crippen molar-refractivity contribution in [3.63, 3.8) is 0 Å². The molecule has 3 nitrogen and oxygen atoms in total. The summed E-state index contributed by atoms with van der Waals surface area (Å²) in [6.07, 6.45) is 0. The zero-order chi connectivity index (χ0) is 14.7. The Morgan fingerprint density at radius 1 is 1.14 bits per heavy atom. The molecule has 104 valence electrons. The van der Waals surface area contributed by atoms with Crippen LogP contribution in [0.1, 0.15) is 18.1 Å². The number of ether oxygens (including phenoxy) is 1. The zero-order valence-corrected chi connectivity index (χ0v) is 12.4. The lowest BCUT2D eigenvalue weighted by Gasteiger charge is -2.34. The van der Waals surface area contributed by atoms with E-state index in [1.54, 1.807) is 0 Å². The van der Waals surface area contributed by atoms with Crippen LogP contribution in [0.25, 0.3) is 0 Å². The molecule has 1 unspecified atom stereocenters. The van der Waals surface area contributed by atoms with Crippen molar-refractivity contribution in [3.8, 4) is 5.40 Å². The van der Waals surface area contributed by atoms with Crippen molar-refractivity contribution >= 4 is 23.3 Å². The van der Waals surface area contributed by atoms with Gasteiger partial charge in [-0.05, 0) is 36.9 Å². The van der Waals surface area contributed by atoms with Crippen LogP contribution in [0.2, 0.25) is 0 Å². The molecule has 4 heteroatoms.